The fourth-order valence-corrected chi connectivity index (χ4v) is 5.45. The van der Waals surface area contributed by atoms with Crippen LogP contribution in [0.1, 0.15) is 29.6 Å². The number of hydrogen-bond acceptors (Lipinski definition) is 12. The number of benzene rings is 2. The van der Waals surface area contributed by atoms with Crippen LogP contribution in [0.5, 0.6) is 0 Å². The number of halogens is 1. The van der Waals surface area contributed by atoms with Crippen LogP contribution in [0.2, 0.25) is 5.02 Å². The number of para-hydroxylation sites is 1. The Morgan fingerprint density at radius 3 is 2.38 bits per heavy atom. The Bertz CT molecular complexity index is 1420. The summed E-state index contributed by atoms with van der Waals surface area (Å²) in [6.07, 6.45) is 0.347. The second-order valence-corrected chi connectivity index (χ2v) is 11.0. The zero-order chi connectivity index (χ0) is 29.8. The number of ketones is 1. The number of piperidine rings is 1. The first kappa shape index (κ1) is 29.6. The summed E-state index contributed by atoms with van der Waals surface area (Å²) >= 11 is 6.09. The van der Waals surface area contributed by atoms with E-state index in [1.807, 2.05) is 9.80 Å². The van der Waals surface area contributed by atoms with Crippen LogP contribution < -0.4 is 37.6 Å². The summed E-state index contributed by atoms with van der Waals surface area (Å²) in [7, 11) is 0. The first-order valence-corrected chi connectivity index (χ1v) is 14.2. The molecular weight excluding hydrogens is 560 g/mol. The highest BCUT2D eigenvalue weighted by Crippen LogP contribution is 2.27. The number of aliphatic hydroxyl groups is 1. The van der Waals surface area contributed by atoms with E-state index in [9.17, 15) is 14.7 Å². The van der Waals surface area contributed by atoms with Crippen LogP contribution in [0.4, 0.5) is 29.2 Å². The maximum Gasteiger partial charge on any atom is 0.233 e. The summed E-state index contributed by atoms with van der Waals surface area (Å²) in [6, 6.07) is 12.9. The first-order chi connectivity index (χ1) is 20.2. The van der Waals surface area contributed by atoms with Gasteiger partial charge in [0.2, 0.25) is 23.8 Å². The summed E-state index contributed by atoms with van der Waals surface area (Å²) < 4.78 is 0. The molecule has 0 unspecified atom stereocenters. The van der Waals surface area contributed by atoms with Crippen LogP contribution in [0, 0.1) is 0 Å². The number of rotatable bonds is 9. The SMILES string of the molecule is NC[C@@H]1[C@H](O)CCN1c1nc(Nc2ccc(C(=O)CC(=O)Nc3ccccc3Cl)cc2)nc(N2C[C@H](N)C[C@H](N)C2)n1. The zero-order valence-corrected chi connectivity index (χ0v) is 23.7. The molecule has 2 saturated heterocycles. The maximum absolute atomic E-state index is 12.7. The smallest absolute Gasteiger partial charge is 0.233 e. The van der Waals surface area contributed by atoms with Gasteiger partial charge in [0.15, 0.2) is 5.78 Å². The van der Waals surface area contributed by atoms with Crippen molar-refractivity contribution in [3.63, 3.8) is 0 Å². The molecule has 14 heteroatoms. The Balaban J connectivity index is 1.32. The van der Waals surface area contributed by atoms with Crippen LogP contribution >= 0.6 is 11.6 Å². The second-order valence-electron chi connectivity index (χ2n) is 10.6. The second kappa shape index (κ2) is 13.0. The van der Waals surface area contributed by atoms with E-state index in [1.54, 1.807) is 48.5 Å². The third kappa shape index (κ3) is 6.94. The number of anilines is 5. The van der Waals surface area contributed by atoms with E-state index in [0.29, 0.717) is 66.3 Å². The largest absolute Gasteiger partial charge is 0.391 e. The third-order valence-corrected chi connectivity index (χ3v) is 7.68. The highest BCUT2D eigenvalue weighted by atomic mass is 35.5. The molecule has 9 N–H and O–H groups in total. The van der Waals surface area contributed by atoms with Crippen molar-refractivity contribution in [1.29, 1.82) is 0 Å². The molecule has 3 heterocycles. The Hall–Kier alpha value is -3.88. The van der Waals surface area contributed by atoms with Crippen LogP contribution in [0.15, 0.2) is 48.5 Å². The molecule has 0 bridgehead atoms. The first-order valence-electron chi connectivity index (χ1n) is 13.8. The summed E-state index contributed by atoms with van der Waals surface area (Å²) in [4.78, 5) is 42.9. The quantitative estimate of drug-likeness (QED) is 0.153. The molecule has 0 aliphatic carbocycles. The van der Waals surface area contributed by atoms with E-state index in [0.717, 1.165) is 0 Å². The van der Waals surface area contributed by atoms with Gasteiger partial charge >= 0.3 is 0 Å². The van der Waals surface area contributed by atoms with Gasteiger partial charge in [0, 0.05) is 49.5 Å². The molecule has 0 saturated carbocycles. The topological polar surface area (TPSA) is 202 Å². The van der Waals surface area contributed by atoms with Gasteiger partial charge in [-0.1, -0.05) is 23.7 Å². The van der Waals surface area contributed by atoms with Gasteiger partial charge in [-0.2, -0.15) is 15.0 Å². The molecule has 4 atom stereocenters. The van der Waals surface area contributed by atoms with Crippen molar-refractivity contribution in [2.24, 2.45) is 17.2 Å². The number of amides is 1. The number of carbonyl (C=O) groups is 2. The third-order valence-electron chi connectivity index (χ3n) is 7.35. The Kier molecular flexibility index (Phi) is 9.14. The van der Waals surface area contributed by atoms with Gasteiger partial charge in [-0.05, 0) is 49.2 Å². The van der Waals surface area contributed by atoms with Crippen molar-refractivity contribution in [3.8, 4) is 0 Å². The molecule has 1 aromatic heterocycles. The molecule has 2 aliphatic rings. The van der Waals surface area contributed by atoms with Crippen molar-refractivity contribution in [2.75, 3.05) is 46.6 Å². The normalized spacial score (nSPS) is 22.2. The molecule has 1 amide bonds. The number of aromatic nitrogens is 3. The molecule has 0 radical (unpaired) electrons. The monoisotopic (exact) mass is 594 g/mol. The molecule has 5 rings (SSSR count). The number of hydrogen-bond donors (Lipinski definition) is 6. The lowest BCUT2D eigenvalue weighted by atomic mass is 10.0. The van der Waals surface area contributed by atoms with Crippen molar-refractivity contribution >= 4 is 52.5 Å². The van der Waals surface area contributed by atoms with E-state index < -0.39 is 12.0 Å². The van der Waals surface area contributed by atoms with Gasteiger partial charge in [0.05, 0.1) is 29.3 Å². The van der Waals surface area contributed by atoms with E-state index in [-0.39, 0.29) is 42.8 Å². The van der Waals surface area contributed by atoms with Gasteiger partial charge < -0.3 is 42.7 Å². The molecule has 222 valence electrons. The lowest BCUT2D eigenvalue weighted by molar-refractivity contribution is -0.115. The zero-order valence-electron chi connectivity index (χ0n) is 23.0. The number of nitrogens with two attached hydrogens (primary N) is 3. The summed E-state index contributed by atoms with van der Waals surface area (Å²) in [5, 5.41) is 16.6. The number of nitrogens with zero attached hydrogens (tertiary/aromatic N) is 5. The average molecular weight is 595 g/mol. The molecule has 0 spiro atoms. The molecular formula is C28H35ClN10O3. The van der Waals surface area contributed by atoms with Crippen molar-refractivity contribution < 1.29 is 14.7 Å². The van der Waals surface area contributed by atoms with E-state index >= 15 is 0 Å². The summed E-state index contributed by atoms with van der Waals surface area (Å²) in [6.45, 7) is 1.88. The van der Waals surface area contributed by atoms with Crippen LogP contribution in [-0.4, -0.2) is 82.2 Å². The van der Waals surface area contributed by atoms with Crippen LogP contribution in [-0.2, 0) is 4.79 Å². The standard InChI is InChI=1S/C28H35ClN10O3/c29-20-3-1-2-4-21(20)34-25(42)12-24(41)16-5-7-19(8-6-16)33-26-35-27(38-14-17(31)11-18(32)15-38)37-28(36-26)39-10-9-23(40)22(39)13-30/h1-8,17-18,22-23,40H,9-15,30-32H2,(H,34,42)(H,33,35,36,37)/t17-,18+,22-,23-/m1/s1. The molecule has 2 fully saturated rings. The highest BCUT2D eigenvalue weighted by molar-refractivity contribution is 6.33. The summed E-state index contributed by atoms with van der Waals surface area (Å²) in [5.74, 6) is 0.285. The minimum absolute atomic E-state index is 0.118. The van der Waals surface area contributed by atoms with E-state index in [4.69, 9.17) is 33.8 Å². The van der Waals surface area contributed by atoms with Gasteiger partial charge in [-0.3, -0.25) is 9.59 Å². The van der Waals surface area contributed by atoms with Crippen molar-refractivity contribution in [1.82, 2.24) is 15.0 Å². The van der Waals surface area contributed by atoms with Crippen LogP contribution in [0.3, 0.4) is 0 Å². The fraction of sp³-hybridized carbons (Fsp3) is 0.393. The van der Waals surface area contributed by atoms with Gasteiger partial charge in [-0.15, -0.1) is 0 Å². The van der Waals surface area contributed by atoms with Crippen molar-refractivity contribution in [2.45, 2.75) is 43.5 Å². The van der Waals surface area contributed by atoms with E-state index in [2.05, 4.69) is 20.6 Å². The molecule has 13 nitrogen and oxygen atoms in total. The number of aliphatic hydroxyl groups excluding tert-OH is 1. The van der Waals surface area contributed by atoms with Gasteiger partial charge in [0.1, 0.15) is 0 Å². The number of Topliss-reactive ketones (excluding diaryl/α,β-unsaturated/α-hetero) is 1. The van der Waals surface area contributed by atoms with Gasteiger partial charge in [-0.25, -0.2) is 0 Å². The Labute approximate surface area is 248 Å². The van der Waals surface area contributed by atoms with Crippen LogP contribution in [0.25, 0.3) is 0 Å². The maximum atomic E-state index is 12.7. The Morgan fingerprint density at radius 2 is 1.69 bits per heavy atom. The lowest BCUT2D eigenvalue weighted by Crippen LogP contribution is -2.53. The minimum Gasteiger partial charge on any atom is -0.391 e. The minimum atomic E-state index is -0.583. The predicted octanol–water partition coefficient (Wildman–Crippen LogP) is 1.24. The van der Waals surface area contributed by atoms with Crippen molar-refractivity contribution in [3.05, 3.63) is 59.1 Å². The molecule has 2 aliphatic heterocycles. The number of nitrogens with one attached hydrogen (secondary N) is 2. The number of carbonyl (C=O) groups excluding carboxylic acids is 2. The van der Waals surface area contributed by atoms with Gasteiger partial charge in [0.25, 0.3) is 0 Å². The lowest BCUT2D eigenvalue weighted by Gasteiger charge is -2.35. The molecule has 2 aromatic carbocycles. The highest BCUT2D eigenvalue weighted by Gasteiger charge is 2.35. The molecule has 42 heavy (non-hydrogen) atoms. The summed E-state index contributed by atoms with van der Waals surface area (Å²) in [5.41, 5.74) is 19.8. The molecule has 3 aromatic rings. The predicted molar refractivity (Wildman–Crippen MR) is 162 cm³/mol. The fourth-order valence-electron chi connectivity index (χ4n) is 5.26. The average Bonchev–Trinajstić information content (AvgIpc) is 3.34. The Morgan fingerprint density at radius 1 is 1.00 bits per heavy atom. The van der Waals surface area contributed by atoms with E-state index in [1.165, 1.54) is 0 Å².